The van der Waals surface area contributed by atoms with Crippen LogP contribution in [-0.4, -0.2) is 34.7 Å². The fourth-order valence-electron chi connectivity index (χ4n) is 3.53. The Labute approximate surface area is 203 Å². The van der Waals surface area contributed by atoms with Crippen molar-refractivity contribution < 1.29 is 13.5 Å². The van der Waals surface area contributed by atoms with Crippen molar-refractivity contribution in [3.63, 3.8) is 0 Å². The molecule has 0 bridgehead atoms. The number of imidazole rings is 1. The number of phenols is 1. The highest BCUT2D eigenvalue weighted by Gasteiger charge is 2.27. The first-order valence-corrected chi connectivity index (χ1v) is 12.9. The molecule has 9 heteroatoms. The summed E-state index contributed by atoms with van der Waals surface area (Å²) in [5.41, 5.74) is 3.51. The number of aromatic amines is 1. The number of aromatic hydroxyl groups is 1. The number of sulfone groups is 1. The van der Waals surface area contributed by atoms with E-state index in [0.717, 1.165) is 22.4 Å². The second-order valence-corrected chi connectivity index (χ2v) is 11.0. The molecule has 3 N–H and O–H groups in total. The molecule has 0 amide bonds. The van der Waals surface area contributed by atoms with Gasteiger partial charge in [-0.15, -0.1) is 0 Å². The Morgan fingerprint density at radius 3 is 2.32 bits per heavy atom. The Morgan fingerprint density at radius 2 is 1.71 bits per heavy atom. The van der Waals surface area contributed by atoms with Crippen molar-refractivity contribution in [3.8, 4) is 28.3 Å². The van der Waals surface area contributed by atoms with Gasteiger partial charge in [0.05, 0.1) is 26.8 Å². The Hall–Kier alpha value is -3.20. The van der Waals surface area contributed by atoms with Crippen molar-refractivity contribution in [2.24, 2.45) is 0 Å². The highest BCUT2D eigenvalue weighted by atomic mass is 35.5. The fourth-order valence-corrected chi connectivity index (χ4v) is 4.27. The van der Waals surface area contributed by atoms with Crippen LogP contribution in [0.3, 0.4) is 0 Å². The van der Waals surface area contributed by atoms with Crippen molar-refractivity contribution in [3.05, 3.63) is 83.4 Å². The monoisotopic (exact) mass is 496 g/mol. The van der Waals surface area contributed by atoms with Gasteiger partial charge >= 0.3 is 0 Å². The molecule has 0 fully saturated rings. The first kappa shape index (κ1) is 23.9. The quantitative estimate of drug-likeness (QED) is 0.335. The molecule has 2 aromatic carbocycles. The predicted molar refractivity (Wildman–Crippen MR) is 133 cm³/mol. The van der Waals surface area contributed by atoms with Crippen LogP contribution in [0.4, 0.5) is 0 Å². The lowest BCUT2D eigenvalue weighted by Gasteiger charge is -2.24. The van der Waals surface area contributed by atoms with Gasteiger partial charge < -0.3 is 15.4 Å². The molecule has 0 saturated heterocycles. The van der Waals surface area contributed by atoms with Gasteiger partial charge in [0.15, 0.2) is 9.84 Å². The van der Waals surface area contributed by atoms with Gasteiger partial charge in [0.25, 0.3) is 0 Å². The first-order valence-electron chi connectivity index (χ1n) is 10.6. The number of benzene rings is 2. The summed E-state index contributed by atoms with van der Waals surface area (Å²) in [5.74, 6) is 0.691. The zero-order chi connectivity index (χ0) is 24.5. The van der Waals surface area contributed by atoms with E-state index in [1.165, 1.54) is 6.26 Å². The lowest BCUT2D eigenvalue weighted by molar-refractivity contribution is 0.381. The summed E-state index contributed by atoms with van der Waals surface area (Å²) in [6.07, 6.45) is 4.61. The number of nitrogens with zero attached hydrogens (tertiary/aromatic N) is 2. The molecule has 0 aliphatic rings. The number of pyridine rings is 1. The van der Waals surface area contributed by atoms with Gasteiger partial charge in [-0.2, -0.15) is 0 Å². The van der Waals surface area contributed by atoms with Gasteiger partial charge in [0.2, 0.25) is 0 Å². The summed E-state index contributed by atoms with van der Waals surface area (Å²) < 4.78 is 23.4. The van der Waals surface area contributed by atoms with Crippen LogP contribution in [0, 0.1) is 0 Å². The lowest BCUT2D eigenvalue weighted by atomic mass is 10.0. The molecule has 2 aromatic heterocycles. The van der Waals surface area contributed by atoms with E-state index >= 15 is 0 Å². The largest absolute Gasteiger partial charge is 0.506 e. The van der Waals surface area contributed by atoms with Crippen molar-refractivity contribution in [2.75, 3.05) is 6.26 Å². The molecular formula is C25H25ClN4O3S. The number of rotatable bonds is 7. The van der Waals surface area contributed by atoms with Crippen molar-refractivity contribution >= 4 is 21.4 Å². The van der Waals surface area contributed by atoms with Crippen LogP contribution in [0.2, 0.25) is 5.02 Å². The van der Waals surface area contributed by atoms with E-state index in [9.17, 15) is 13.5 Å². The van der Waals surface area contributed by atoms with Crippen LogP contribution in [0.1, 0.15) is 25.2 Å². The summed E-state index contributed by atoms with van der Waals surface area (Å²) >= 11 is 6.01. The molecule has 4 rings (SSSR count). The van der Waals surface area contributed by atoms with E-state index < -0.39 is 15.4 Å². The molecule has 0 unspecified atom stereocenters. The Balaban J connectivity index is 1.66. The number of halogens is 1. The van der Waals surface area contributed by atoms with E-state index in [-0.39, 0.29) is 10.8 Å². The van der Waals surface area contributed by atoms with Gasteiger partial charge in [-0.05, 0) is 55.8 Å². The Kier molecular flexibility index (Phi) is 6.49. The molecule has 2 heterocycles. The van der Waals surface area contributed by atoms with Gasteiger partial charge in [-0.25, -0.2) is 13.4 Å². The normalized spacial score (nSPS) is 12.1. The van der Waals surface area contributed by atoms with E-state index in [1.807, 2.05) is 32.0 Å². The van der Waals surface area contributed by atoms with Crippen LogP contribution < -0.4 is 5.32 Å². The minimum Gasteiger partial charge on any atom is -0.506 e. The molecule has 0 aliphatic carbocycles. The van der Waals surface area contributed by atoms with Crippen LogP contribution in [0.5, 0.6) is 5.75 Å². The zero-order valence-corrected chi connectivity index (χ0v) is 20.6. The molecule has 0 radical (unpaired) electrons. The molecule has 4 aromatic rings. The standard InChI is InChI=1S/C25H25ClN4O3S/c1-25(2,28-15-16-4-7-19(8-5-16)34(3,32)33)24-29-22(17-10-12-27-13-11-17)23(30-24)18-6-9-20(26)21(31)14-18/h4-14,28,31H,15H2,1-3H3,(H,29,30). The minimum atomic E-state index is -3.23. The summed E-state index contributed by atoms with van der Waals surface area (Å²) in [5, 5.41) is 13.9. The molecular weight excluding hydrogens is 472 g/mol. The predicted octanol–water partition coefficient (Wildman–Crippen LogP) is 4.93. The third kappa shape index (κ3) is 5.14. The Morgan fingerprint density at radius 1 is 1.03 bits per heavy atom. The minimum absolute atomic E-state index is 0.0145. The summed E-state index contributed by atoms with van der Waals surface area (Å²) in [6.45, 7) is 4.53. The van der Waals surface area contributed by atoms with E-state index in [0.29, 0.717) is 23.0 Å². The number of nitrogens with one attached hydrogen (secondary N) is 2. The highest BCUT2D eigenvalue weighted by molar-refractivity contribution is 7.90. The highest BCUT2D eigenvalue weighted by Crippen LogP contribution is 2.36. The maximum Gasteiger partial charge on any atom is 0.175 e. The van der Waals surface area contributed by atoms with Gasteiger partial charge in [0.1, 0.15) is 11.6 Å². The Bertz CT molecular complexity index is 1420. The zero-order valence-electron chi connectivity index (χ0n) is 19.0. The van der Waals surface area contributed by atoms with Crippen LogP contribution in [0.15, 0.2) is 71.9 Å². The lowest BCUT2D eigenvalue weighted by Crippen LogP contribution is -2.37. The third-order valence-corrected chi connectivity index (χ3v) is 7.02. The third-order valence-electron chi connectivity index (χ3n) is 5.57. The number of hydrogen-bond donors (Lipinski definition) is 3. The number of aromatic nitrogens is 3. The molecule has 0 saturated carbocycles. The van der Waals surface area contributed by atoms with Crippen LogP contribution in [-0.2, 0) is 21.9 Å². The fraction of sp³-hybridized carbons (Fsp3) is 0.200. The first-order chi connectivity index (χ1) is 16.0. The van der Waals surface area contributed by atoms with E-state index in [1.54, 1.807) is 48.8 Å². The SMILES string of the molecule is CC(C)(NCc1ccc(S(C)(=O)=O)cc1)c1nc(-c2ccc(Cl)c(O)c2)c(-c2ccncc2)[nH]1. The smallest absolute Gasteiger partial charge is 0.175 e. The number of phenolic OH excluding ortho intramolecular Hbond substituents is 1. The maximum atomic E-state index is 11.7. The van der Waals surface area contributed by atoms with Gasteiger partial charge in [-0.3, -0.25) is 4.98 Å². The topological polar surface area (TPSA) is 108 Å². The summed E-state index contributed by atoms with van der Waals surface area (Å²) in [4.78, 5) is 12.7. The average Bonchev–Trinajstić information content (AvgIpc) is 3.26. The van der Waals surface area contributed by atoms with E-state index in [2.05, 4.69) is 15.3 Å². The average molecular weight is 497 g/mol. The molecule has 176 valence electrons. The second-order valence-electron chi connectivity index (χ2n) is 8.61. The van der Waals surface area contributed by atoms with Crippen molar-refractivity contribution in [2.45, 2.75) is 30.8 Å². The van der Waals surface area contributed by atoms with Crippen LogP contribution >= 0.6 is 11.6 Å². The number of H-pyrrole nitrogens is 1. The summed E-state index contributed by atoms with van der Waals surface area (Å²) in [7, 11) is -3.23. The second kappa shape index (κ2) is 9.21. The molecule has 0 spiro atoms. The van der Waals surface area contributed by atoms with E-state index in [4.69, 9.17) is 16.6 Å². The molecule has 34 heavy (non-hydrogen) atoms. The maximum absolute atomic E-state index is 11.7. The van der Waals surface area contributed by atoms with Crippen molar-refractivity contribution in [1.29, 1.82) is 0 Å². The van der Waals surface area contributed by atoms with Gasteiger partial charge in [0, 0.05) is 36.3 Å². The summed E-state index contributed by atoms with van der Waals surface area (Å²) in [6, 6.07) is 15.6. The van der Waals surface area contributed by atoms with Crippen LogP contribution in [0.25, 0.3) is 22.5 Å². The van der Waals surface area contributed by atoms with Crippen molar-refractivity contribution in [1.82, 2.24) is 20.3 Å². The number of hydrogen-bond acceptors (Lipinski definition) is 6. The molecule has 7 nitrogen and oxygen atoms in total. The van der Waals surface area contributed by atoms with Gasteiger partial charge in [-0.1, -0.05) is 29.8 Å². The molecule has 0 atom stereocenters. The molecule has 0 aliphatic heterocycles.